The van der Waals surface area contributed by atoms with Crippen molar-refractivity contribution in [1.29, 1.82) is 0 Å². The Hall–Kier alpha value is -2.52. The van der Waals surface area contributed by atoms with E-state index in [1.54, 1.807) is 0 Å². The Morgan fingerprint density at radius 3 is 2.62 bits per heavy atom. The molecule has 0 aliphatic heterocycles. The molecule has 0 saturated carbocycles. The molecule has 1 heterocycles. The largest absolute Gasteiger partial charge is 0.354 e. The van der Waals surface area contributed by atoms with Gasteiger partial charge >= 0.3 is 0 Å². The first kappa shape index (κ1) is 11.6. The summed E-state index contributed by atoms with van der Waals surface area (Å²) in [5.74, 6) is 2.98. The van der Waals surface area contributed by atoms with Crippen LogP contribution >= 0.6 is 0 Å². The van der Waals surface area contributed by atoms with Crippen LogP contribution in [0.1, 0.15) is 6.92 Å². The highest BCUT2D eigenvalue weighted by atomic mass is 15.3. The summed E-state index contributed by atoms with van der Waals surface area (Å²) in [4.78, 5) is 14.4. The summed E-state index contributed by atoms with van der Waals surface area (Å²) < 4.78 is 0. The third kappa shape index (κ3) is 3.32. The van der Waals surface area contributed by atoms with E-state index >= 15 is 0 Å². The summed E-state index contributed by atoms with van der Waals surface area (Å²) in [6.45, 7) is 2.82. The van der Waals surface area contributed by atoms with Crippen LogP contribution in [0.5, 0.6) is 0 Å². The maximum atomic E-state index is 8.29. The molecule has 8 heteroatoms. The summed E-state index contributed by atoms with van der Waals surface area (Å²) in [6.07, 6.45) is 5.09. The quantitative estimate of drug-likeness (QED) is 0.334. The Kier molecular flexibility index (Phi) is 4.37. The van der Waals surface area contributed by atoms with Crippen molar-refractivity contribution in [2.24, 2.45) is 5.11 Å². The SMILES string of the molecule is C#CCNc1nc(N=[N+]=[N-])nc(NCC)n1. The van der Waals surface area contributed by atoms with Crippen LogP contribution < -0.4 is 10.6 Å². The zero-order valence-electron chi connectivity index (χ0n) is 8.67. The summed E-state index contributed by atoms with van der Waals surface area (Å²) in [7, 11) is 0. The lowest BCUT2D eigenvalue weighted by Gasteiger charge is -2.05. The number of hydrogen-bond donors (Lipinski definition) is 2. The molecule has 0 spiro atoms. The normalized spacial score (nSPS) is 8.75. The number of terminal acetylenes is 1. The maximum Gasteiger partial charge on any atom is 0.228 e. The van der Waals surface area contributed by atoms with Crippen molar-refractivity contribution in [3.8, 4) is 12.3 Å². The van der Waals surface area contributed by atoms with Crippen LogP contribution in [0.3, 0.4) is 0 Å². The fourth-order valence-corrected chi connectivity index (χ4v) is 0.896. The predicted molar refractivity (Wildman–Crippen MR) is 60.1 cm³/mol. The van der Waals surface area contributed by atoms with Gasteiger partial charge in [0.15, 0.2) is 0 Å². The second kappa shape index (κ2) is 6.06. The minimum atomic E-state index is -0.00651. The Morgan fingerprint density at radius 2 is 2.06 bits per heavy atom. The van der Waals surface area contributed by atoms with Crippen LogP contribution in [0.15, 0.2) is 5.11 Å². The Labute approximate surface area is 92.1 Å². The number of anilines is 2. The van der Waals surface area contributed by atoms with Crippen molar-refractivity contribution >= 4 is 17.8 Å². The molecule has 1 rings (SSSR count). The molecule has 0 unspecified atom stereocenters. The molecule has 0 amide bonds. The van der Waals surface area contributed by atoms with Gasteiger partial charge in [0.25, 0.3) is 0 Å². The predicted octanol–water partition coefficient (Wildman–Crippen LogP) is 1.29. The number of rotatable bonds is 5. The van der Waals surface area contributed by atoms with Gasteiger partial charge in [0.1, 0.15) is 0 Å². The average Bonchev–Trinajstić information content (AvgIpc) is 2.27. The van der Waals surface area contributed by atoms with Crippen LogP contribution in [-0.4, -0.2) is 28.0 Å². The van der Waals surface area contributed by atoms with Crippen molar-refractivity contribution in [2.45, 2.75) is 6.92 Å². The van der Waals surface area contributed by atoms with Crippen LogP contribution in [0, 0.1) is 12.3 Å². The van der Waals surface area contributed by atoms with Gasteiger partial charge in [-0.15, -0.1) is 6.42 Å². The smallest absolute Gasteiger partial charge is 0.228 e. The fourth-order valence-electron chi connectivity index (χ4n) is 0.896. The lowest BCUT2D eigenvalue weighted by molar-refractivity contribution is 1.00. The van der Waals surface area contributed by atoms with Gasteiger partial charge in [-0.2, -0.15) is 15.0 Å². The maximum absolute atomic E-state index is 8.29. The average molecular weight is 218 g/mol. The van der Waals surface area contributed by atoms with E-state index in [0.29, 0.717) is 12.5 Å². The highest BCUT2D eigenvalue weighted by molar-refractivity contribution is 5.40. The van der Waals surface area contributed by atoms with Crippen LogP contribution in [-0.2, 0) is 0 Å². The zero-order chi connectivity index (χ0) is 11.8. The minimum Gasteiger partial charge on any atom is -0.354 e. The first-order chi connectivity index (χ1) is 7.80. The number of nitrogens with zero attached hydrogens (tertiary/aromatic N) is 6. The fraction of sp³-hybridized carbons (Fsp3) is 0.375. The highest BCUT2D eigenvalue weighted by Gasteiger charge is 2.03. The van der Waals surface area contributed by atoms with Crippen molar-refractivity contribution in [1.82, 2.24) is 15.0 Å². The molecular weight excluding hydrogens is 208 g/mol. The molecular formula is C8H10N8. The van der Waals surface area contributed by atoms with Crippen LogP contribution in [0.4, 0.5) is 17.8 Å². The summed E-state index contributed by atoms with van der Waals surface area (Å²) in [6, 6.07) is 0. The summed E-state index contributed by atoms with van der Waals surface area (Å²) >= 11 is 0. The molecule has 0 atom stereocenters. The van der Waals surface area contributed by atoms with E-state index in [-0.39, 0.29) is 18.4 Å². The van der Waals surface area contributed by atoms with Gasteiger partial charge in [-0.05, 0) is 17.6 Å². The molecule has 1 aromatic rings. The van der Waals surface area contributed by atoms with E-state index in [4.69, 9.17) is 12.0 Å². The van der Waals surface area contributed by atoms with Crippen molar-refractivity contribution < 1.29 is 0 Å². The lowest BCUT2D eigenvalue weighted by atomic mass is 10.6. The van der Waals surface area contributed by atoms with E-state index in [9.17, 15) is 0 Å². The van der Waals surface area contributed by atoms with E-state index in [1.165, 1.54) is 0 Å². The van der Waals surface area contributed by atoms with Gasteiger partial charge in [-0.1, -0.05) is 5.92 Å². The molecule has 0 aromatic carbocycles. The molecule has 8 nitrogen and oxygen atoms in total. The molecule has 0 aliphatic carbocycles. The highest BCUT2D eigenvalue weighted by Crippen LogP contribution is 2.11. The molecule has 0 saturated heterocycles. The number of hydrogen-bond acceptors (Lipinski definition) is 6. The van der Waals surface area contributed by atoms with Gasteiger partial charge in [0, 0.05) is 11.5 Å². The second-order valence-electron chi connectivity index (χ2n) is 2.56. The third-order valence-corrected chi connectivity index (χ3v) is 1.44. The first-order valence-corrected chi connectivity index (χ1v) is 4.52. The van der Waals surface area contributed by atoms with Crippen LogP contribution in [0.2, 0.25) is 0 Å². The standard InChI is InChI=1S/C8H10N8/c1-3-5-11-7-12-6(10-4-2)13-8(14-7)15-16-9/h1H,4-5H2,2H3,(H2,10,11,12,13,14). The monoisotopic (exact) mass is 218 g/mol. The molecule has 82 valence electrons. The van der Waals surface area contributed by atoms with E-state index in [2.05, 4.69) is 41.5 Å². The van der Waals surface area contributed by atoms with Crippen molar-refractivity contribution in [3.05, 3.63) is 10.4 Å². The van der Waals surface area contributed by atoms with E-state index in [0.717, 1.165) is 0 Å². The van der Waals surface area contributed by atoms with Gasteiger partial charge in [0.2, 0.25) is 17.8 Å². The molecule has 16 heavy (non-hydrogen) atoms. The Balaban J connectivity index is 2.98. The summed E-state index contributed by atoms with van der Waals surface area (Å²) in [5, 5.41) is 8.96. The number of aromatic nitrogens is 3. The van der Waals surface area contributed by atoms with Crippen molar-refractivity contribution in [3.63, 3.8) is 0 Å². The van der Waals surface area contributed by atoms with E-state index in [1.807, 2.05) is 6.92 Å². The lowest BCUT2D eigenvalue weighted by Crippen LogP contribution is -2.08. The number of azide groups is 1. The topological polar surface area (TPSA) is 111 Å². The second-order valence-corrected chi connectivity index (χ2v) is 2.56. The molecule has 2 N–H and O–H groups in total. The molecule has 0 aliphatic rings. The molecule has 1 aromatic heterocycles. The van der Waals surface area contributed by atoms with E-state index < -0.39 is 0 Å². The third-order valence-electron chi connectivity index (χ3n) is 1.44. The minimum absolute atomic E-state index is 0.00651. The molecule has 0 radical (unpaired) electrons. The Morgan fingerprint density at radius 1 is 1.38 bits per heavy atom. The van der Waals surface area contributed by atoms with Gasteiger partial charge in [-0.25, -0.2) is 0 Å². The Bertz CT molecular complexity index is 442. The number of nitrogens with one attached hydrogen (secondary N) is 2. The summed E-state index contributed by atoms with van der Waals surface area (Å²) in [5.41, 5.74) is 8.29. The molecule has 0 fully saturated rings. The first-order valence-electron chi connectivity index (χ1n) is 4.52. The molecule has 0 bridgehead atoms. The van der Waals surface area contributed by atoms with Gasteiger partial charge in [-0.3, -0.25) is 0 Å². The van der Waals surface area contributed by atoms with Gasteiger partial charge < -0.3 is 10.6 Å². The zero-order valence-corrected chi connectivity index (χ0v) is 8.67. The van der Waals surface area contributed by atoms with Gasteiger partial charge in [0.05, 0.1) is 6.54 Å². The van der Waals surface area contributed by atoms with Crippen LogP contribution in [0.25, 0.3) is 10.4 Å². The van der Waals surface area contributed by atoms with Crippen molar-refractivity contribution in [2.75, 3.05) is 23.7 Å².